The molecule has 0 spiro atoms. The Morgan fingerprint density at radius 1 is 0.947 bits per heavy atom. The van der Waals surface area contributed by atoms with E-state index in [1.54, 1.807) is 41.3 Å². The fourth-order valence-corrected chi connectivity index (χ4v) is 8.41. The van der Waals surface area contributed by atoms with Gasteiger partial charge in [0.15, 0.2) is 0 Å². The molecule has 3 aliphatic rings. The van der Waals surface area contributed by atoms with Crippen LogP contribution in [-0.4, -0.2) is 45.5 Å². The summed E-state index contributed by atoms with van der Waals surface area (Å²) in [6, 6.07) is 12.3. The van der Waals surface area contributed by atoms with Crippen molar-refractivity contribution in [2.75, 3.05) is 18.0 Å². The largest absolute Gasteiger partial charge is 0.341 e. The van der Waals surface area contributed by atoms with Crippen molar-refractivity contribution >= 4 is 58.1 Å². The predicted molar refractivity (Wildman–Crippen MR) is 144 cm³/mol. The normalized spacial score (nSPS) is 22.9. The number of aromatic nitrogens is 1. The highest BCUT2D eigenvalue weighted by Crippen LogP contribution is 2.53. The number of benzene rings is 2. The van der Waals surface area contributed by atoms with Gasteiger partial charge in [0, 0.05) is 28.9 Å². The maximum Gasteiger partial charge on any atom is 0.308 e. The van der Waals surface area contributed by atoms with Gasteiger partial charge in [-0.25, -0.2) is 9.29 Å². The number of amides is 3. The molecule has 7 nitrogen and oxygen atoms in total. The standard InChI is InChI=1S/C27H23ClFN3O4S2/c28-16-6-10-18(11-7-16)32-24(34)21-20(15-4-8-17(29)9-5-15)23-26(37-22(21)25(32)35)31(27(36)38-23)14-19(33)30-12-2-1-3-13-30/h4-11,20-22H,1-3,12-14H2/t20-,21?,22?/m1/s1. The van der Waals surface area contributed by atoms with E-state index >= 15 is 0 Å². The molecule has 0 saturated carbocycles. The molecule has 3 amide bonds. The topological polar surface area (TPSA) is 79.7 Å². The number of nitrogens with zero attached hydrogens (tertiary/aromatic N) is 3. The summed E-state index contributed by atoms with van der Waals surface area (Å²) in [6.07, 6.45) is 2.95. The van der Waals surface area contributed by atoms with Crippen molar-refractivity contribution in [3.8, 4) is 0 Å². The third-order valence-electron chi connectivity index (χ3n) is 7.37. The molecule has 1 aromatic heterocycles. The smallest absolute Gasteiger partial charge is 0.308 e. The predicted octanol–water partition coefficient (Wildman–Crippen LogP) is 4.51. The number of carbonyl (C=O) groups is 3. The number of likely N-dealkylation sites (tertiary alicyclic amines) is 1. The SMILES string of the molecule is O=C(Cn1c2c(sc1=O)[C@H](c1ccc(F)cc1)C1C(=O)N(c3ccc(Cl)cc3)C(=O)C1S2)N1CCCCC1. The number of rotatable bonds is 4. The van der Waals surface area contributed by atoms with E-state index in [0.717, 1.165) is 30.6 Å². The van der Waals surface area contributed by atoms with E-state index in [4.69, 9.17) is 11.6 Å². The third-order valence-corrected chi connectivity index (χ3v) is 10.2. The first-order valence-corrected chi connectivity index (χ1v) is 14.5. The minimum atomic E-state index is -0.800. The van der Waals surface area contributed by atoms with Gasteiger partial charge in [-0.05, 0) is 61.2 Å². The lowest BCUT2D eigenvalue weighted by molar-refractivity contribution is -0.133. The van der Waals surface area contributed by atoms with Crippen molar-refractivity contribution in [1.82, 2.24) is 9.47 Å². The number of fused-ring (bicyclic) bond motifs is 2. The van der Waals surface area contributed by atoms with E-state index in [9.17, 15) is 23.6 Å². The second-order valence-electron chi connectivity index (χ2n) is 9.65. The first-order chi connectivity index (χ1) is 18.3. The number of piperidine rings is 1. The number of thiazole rings is 1. The highest BCUT2D eigenvalue weighted by atomic mass is 35.5. The molecule has 0 N–H and O–H groups in total. The fraction of sp³-hybridized carbons (Fsp3) is 0.333. The van der Waals surface area contributed by atoms with Crippen molar-refractivity contribution < 1.29 is 18.8 Å². The summed E-state index contributed by atoms with van der Waals surface area (Å²) in [7, 11) is 0. The Labute approximate surface area is 231 Å². The minimum absolute atomic E-state index is 0.117. The van der Waals surface area contributed by atoms with Crippen LogP contribution in [-0.2, 0) is 20.9 Å². The number of hydrogen-bond donors (Lipinski definition) is 0. The Hall–Kier alpha value is -2.95. The Morgan fingerprint density at radius 3 is 2.32 bits per heavy atom. The summed E-state index contributed by atoms with van der Waals surface area (Å²) in [5.74, 6) is -2.75. The van der Waals surface area contributed by atoms with Gasteiger partial charge in [0.2, 0.25) is 17.7 Å². The first kappa shape index (κ1) is 25.3. The summed E-state index contributed by atoms with van der Waals surface area (Å²) >= 11 is 8.18. The molecule has 2 fully saturated rings. The van der Waals surface area contributed by atoms with Crippen LogP contribution in [0, 0.1) is 11.7 Å². The molecule has 3 aromatic rings. The number of hydrogen-bond acceptors (Lipinski definition) is 6. The molecule has 0 radical (unpaired) electrons. The van der Waals surface area contributed by atoms with Crippen LogP contribution in [0.15, 0.2) is 58.4 Å². The van der Waals surface area contributed by atoms with Gasteiger partial charge < -0.3 is 4.90 Å². The van der Waals surface area contributed by atoms with Gasteiger partial charge >= 0.3 is 4.87 Å². The molecule has 2 saturated heterocycles. The highest BCUT2D eigenvalue weighted by Gasteiger charge is 2.56. The molecule has 38 heavy (non-hydrogen) atoms. The number of halogens is 2. The Balaban J connectivity index is 1.43. The number of carbonyl (C=O) groups excluding carboxylic acids is 3. The van der Waals surface area contributed by atoms with Crippen molar-refractivity contribution in [2.24, 2.45) is 5.92 Å². The quantitative estimate of drug-likeness (QED) is 0.431. The molecule has 3 atom stereocenters. The molecule has 6 rings (SSSR count). The second-order valence-corrected chi connectivity index (χ2v) is 12.2. The molecule has 196 valence electrons. The average molecular weight is 572 g/mol. The van der Waals surface area contributed by atoms with E-state index in [0.29, 0.717) is 39.3 Å². The highest BCUT2D eigenvalue weighted by molar-refractivity contribution is 8.00. The van der Waals surface area contributed by atoms with E-state index in [2.05, 4.69) is 0 Å². The van der Waals surface area contributed by atoms with Crippen LogP contribution < -0.4 is 9.77 Å². The Kier molecular flexibility index (Phi) is 6.65. The van der Waals surface area contributed by atoms with Gasteiger partial charge in [-0.3, -0.25) is 23.7 Å². The van der Waals surface area contributed by atoms with Crippen LogP contribution in [0.4, 0.5) is 10.1 Å². The van der Waals surface area contributed by atoms with E-state index in [-0.39, 0.29) is 23.2 Å². The summed E-state index contributed by atoms with van der Waals surface area (Å²) in [6.45, 7) is 1.21. The molecule has 2 unspecified atom stereocenters. The van der Waals surface area contributed by atoms with E-state index in [1.165, 1.54) is 33.4 Å². The van der Waals surface area contributed by atoms with Crippen LogP contribution in [0.1, 0.15) is 35.6 Å². The Morgan fingerprint density at radius 2 is 1.63 bits per heavy atom. The molecule has 0 bridgehead atoms. The molecule has 3 aliphatic heterocycles. The first-order valence-electron chi connectivity index (χ1n) is 12.4. The molecule has 11 heteroatoms. The molecule has 2 aromatic carbocycles. The Bertz CT molecular complexity index is 1480. The maximum atomic E-state index is 13.8. The van der Waals surface area contributed by atoms with Crippen LogP contribution in [0.3, 0.4) is 0 Å². The van der Waals surface area contributed by atoms with Gasteiger partial charge in [-0.1, -0.05) is 46.8 Å². The lowest BCUT2D eigenvalue weighted by atomic mass is 9.83. The van der Waals surface area contributed by atoms with Crippen LogP contribution >= 0.6 is 34.7 Å². The maximum absolute atomic E-state index is 13.8. The van der Waals surface area contributed by atoms with Gasteiger partial charge in [0.05, 0.1) is 16.6 Å². The number of thioether (sulfide) groups is 1. The lowest BCUT2D eigenvalue weighted by Crippen LogP contribution is -2.39. The van der Waals surface area contributed by atoms with E-state index in [1.807, 2.05) is 0 Å². The summed E-state index contributed by atoms with van der Waals surface area (Å²) in [5.41, 5.74) is 1.05. The van der Waals surface area contributed by atoms with E-state index < -0.39 is 28.8 Å². The monoisotopic (exact) mass is 571 g/mol. The number of imide groups is 1. The zero-order valence-corrected chi connectivity index (χ0v) is 22.5. The zero-order valence-electron chi connectivity index (χ0n) is 20.1. The third kappa shape index (κ3) is 4.28. The summed E-state index contributed by atoms with van der Waals surface area (Å²) < 4.78 is 15.3. The fourth-order valence-electron chi connectivity index (χ4n) is 5.51. The van der Waals surface area contributed by atoms with Gasteiger partial charge in [-0.15, -0.1) is 0 Å². The van der Waals surface area contributed by atoms with Crippen molar-refractivity contribution in [3.05, 3.63) is 79.5 Å². The van der Waals surface area contributed by atoms with Crippen molar-refractivity contribution in [2.45, 2.75) is 42.0 Å². The molecular formula is C27H23ClFN3O4S2. The molecule has 4 heterocycles. The minimum Gasteiger partial charge on any atom is -0.341 e. The van der Waals surface area contributed by atoms with Gasteiger partial charge in [-0.2, -0.15) is 0 Å². The van der Waals surface area contributed by atoms with Crippen molar-refractivity contribution in [3.63, 3.8) is 0 Å². The summed E-state index contributed by atoms with van der Waals surface area (Å²) in [5, 5.41) is 0.208. The average Bonchev–Trinajstić information content (AvgIpc) is 3.36. The van der Waals surface area contributed by atoms with Crippen LogP contribution in [0.2, 0.25) is 5.02 Å². The van der Waals surface area contributed by atoms with Crippen LogP contribution in [0.5, 0.6) is 0 Å². The van der Waals surface area contributed by atoms with Gasteiger partial charge in [0.1, 0.15) is 17.6 Å². The van der Waals surface area contributed by atoms with Crippen molar-refractivity contribution in [1.29, 1.82) is 0 Å². The zero-order chi connectivity index (χ0) is 26.6. The molecule has 0 aliphatic carbocycles. The second kappa shape index (κ2) is 9.98. The summed E-state index contributed by atoms with van der Waals surface area (Å²) in [4.78, 5) is 57.1. The number of anilines is 1. The lowest BCUT2D eigenvalue weighted by Gasteiger charge is -2.31. The molecular weight excluding hydrogens is 549 g/mol. The van der Waals surface area contributed by atoms with Crippen LogP contribution in [0.25, 0.3) is 0 Å². The van der Waals surface area contributed by atoms with Gasteiger partial charge in [0.25, 0.3) is 0 Å².